The van der Waals surface area contributed by atoms with E-state index in [1.54, 1.807) is 0 Å². The van der Waals surface area contributed by atoms with Crippen molar-refractivity contribution in [3.05, 3.63) is 0 Å². The molecule has 3 N–H and O–H groups in total. The molecule has 0 unspecified atom stereocenters. The first-order chi connectivity index (χ1) is 5.33. The molecule has 4 heteroatoms. The van der Waals surface area contributed by atoms with Crippen molar-refractivity contribution in [2.24, 2.45) is 5.73 Å². The third-order valence-corrected chi connectivity index (χ3v) is 1.29. The number of thioether (sulfide) groups is 1. The third kappa shape index (κ3) is 4.29. The number of nitrogens with two attached hydrogens (primary N) is 1. The zero-order valence-corrected chi connectivity index (χ0v) is 5.65. The van der Waals surface area contributed by atoms with Crippen molar-refractivity contribution in [2.75, 3.05) is 11.9 Å². The third-order valence-electron chi connectivity index (χ3n) is 0.848. The summed E-state index contributed by atoms with van der Waals surface area (Å²) in [6.45, 7) is 0. The van der Waals surface area contributed by atoms with E-state index in [4.69, 9.17) is 15.0 Å². The lowest BCUT2D eigenvalue weighted by Gasteiger charge is -2.02. The fourth-order valence-electron chi connectivity index (χ4n) is 0.309. The van der Waals surface area contributed by atoms with E-state index in [9.17, 15) is 4.79 Å². The molecule has 0 saturated heterocycles. The number of aliphatic carboxylic acids is 1. The first-order valence-electron chi connectivity index (χ1n) is 3.95. The van der Waals surface area contributed by atoms with Crippen LogP contribution in [0.5, 0.6) is 0 Å². The lowest BCUT2D eigenvalue weighted by molar-refractivity contribution is -0.138. The average Bonchev–Trinajstić information content (AvgIpc) is 1.84. The Balaban J connectivity index is 3.51. The minimum absolute atomic E-state index is 0.179. The molecular formula is C5H11NO2S. The van der Waals surface area contributed by atoms with Crippen molar-refractivity contribution in [1.29, 1.82) is 0 Å². The number of rotatable bonds is 4. The van der Waals surface area contributed by atoms with Gasteiger partial charge in [0.05, 0.1) is 0 Å². The van der Waals surface area contributed by atoms with Crippen LogP contribution in [0.3, 0.4) is 0 Å². The summed E-state index contributed by atoms with van der Waals surface area (Å²) < 4.78 is 20.4. The summed E-state index contributed by atoms with van der Waals surface area (Å²) in [7, 11) is 0. The maximum absolute atomic E-state index is 10.2. The van der Waals surface area contributed by atoms with Crippen LogP contribution in [0, 0.1) is 0 Å². The lowest BCUT2D eigenvalue weighted by atomic mass is 10.2. The van der Waals surface area contributed by atoms with Gasteiger partial charge in [0.25, 0.3) is 0 Å². The zero-order chi connectivity index (χ0) is 9.78. The van der Waals surface area contributed by atoms with Crippen molar-refractivity contribution >= 4 is 17.7 Å². The number of hydrogen-bond donors (Lipinski definition) is 2. The Bertz CT molecular complexity index is 161. The molecule has 0 aliphatic carbocycles. The maximum atomic E-state index is 10.2. The lowest BCUT2D eigenvalue weighted by Crippen LogP contribution is -2.30. The molecule has 0 heterocycles. The molecule has 0 aliphatic heterocycles. The van der Waals surface area contributed by atoms with Gasteiger partial charge in [0.15, 0.2) is 0 Å². The van der Waals surface area contributed by atoms with Gasteiger partial charge in [0.2, 0.25) is 0 Å². The highest BCUT2D eigenvalue weighted by molar-refractivity contribution is 7.98. The van der Waals surface area contributed by atoms with Crippen LogP contribution < -0.4 is 5.73 Å². The smallest absolute Gasteiger partial charge is 0.320 e. The van der Waals surface area contributed by atoms with Gasteiger partial charge in [-0.2, -0.15) is 11.8 Å². The van der Waals surface area contributed by atoms with Crippen molar-refractivity contribution in [2.45, 2.75) is 12.5 Å². The van der Waals surface area contributed by atoms with Gasteiger partial charge >= 0.3 is 5.97 Å². The molecule has 0 amide bonds. The molecule has 3 nitrogen and oxygen atoms in total. The highest BCUT2D eigenvalue weighted by atomic mass is 32.2. The molecule has 0 radical (unpaired) electrons. The SMILES string of the molecule is [2H]C([2H])([2H])SCC[C@H](N)C(=O)O. The summed E-state index contributed by atoms with van der Waals surface area (Å²) >= 11 is 0.736. The van der Waals surface area contributed by atoms with Crippen LogP contribution in [-0.4, -0.2) is 29.1 Å². The van der Waals surface area contributed by atoms with Crippen LogP contribution >= 0.6 is 11.8 Å². The molecular weight excluding hydrogens is 138 g/mol. The summed E-state index contributed by atoms with van der Waals surface area (Å²) in [5.74, 6) is -0.856. The Labute approximate surface area is 62.8 Å². The summed E-state index contributed by atoms with van der Waals surface area (Å²) in [5.41, 5.74) is 5.15. The molecule has 9 heavy (non-hydrogen) atoms. The Morgan fingerprint density at radius 3 is 3.22 bits per heavy atom. The van der Waals surface area contributed by atoms with Crippen molar-refractivity contribution in [3.8, 4) is 0 Å². The Morgan fingerprint density at radius 2 is 2.78 bits per heavy atom. The monoisotopic (exact) mass is 152 g/mol. The maximum Gasteiger partial charge on any atom is 0.320 e. The summed E-state index contributed by atoms with van der Waals surface area (Å²) in [6.07, 6.45) is -1.88. The highest BCUT2D eigenvalue weighted by Gasteiger charge is 2.08. The summed E-state index contributed by atoms with van der Waals surface area (Å²) in [5, 5.41) is 8.34. The van der Waals surface area contributed by atoms with E-state index in [2.05, 4.69) is 0 Å². The Morgan fingerprint density at radius 1 is 2.11 bits per heavy atom. The van der Waals surface area contributed by atoms with E-state index in [-0.39, 0.29) is 12.2 Å². The van der Waals surface area contributed by atoms with E-state index in [1.807, 2.05) is 0 Å². The van der Waals surface area contributed by atoms with Gasteiger partial charge in [-0.1, -0.05) is 0 Å². The molecule has 0 aromatic rings. The normalized spacial score (nSPS) is 19.4. The summed E-state index contributed by atoms with van der Waals surface area (Å²) in [4.78, 5) is 10.2. The second kappa shape index (κ2) is 4.64. The van der Waals surface area contributed by atoms with Crippen LogP contribution in [0.25, 0.3) is 0 Å². The van der Waals surface area contributed by atoms with Crippen molar-refractivity contribution in [1.82, 2.24) is 0 Å². The van der Waals surface area contributed by atoms with Crippen LogP contribution in [0.1, 0.15) is 10.5 Å². The van der Waals surface area contributed by atoms with Crippen LogP contribution in [-0.2, 0) is 4.79 Å². The first kappa shape index (κ1) is 4.57. The number of carbonyl (C=O) groups is 1. The van der Waals surface area contributed by atoms with Crippen LogP contribution in [0.4, 0.5) is 0 Å². The van der Waals surface area contributed by atoms with Gasteiger partial charge in [-0.15, -0.1) is 0 Å². The van der Waals surface area contributed by atoms with E-state index < -0.39 is 18.2 Å². The van der Waals surface area contributed by atoms with Gasteiger partial charge in [-0.25, -0.2) is 0 Å². The van der Waals surface area contributed by atoms with Crippen LogP contribution in [0.15, 0.2) is 0 Å². The minimum atomic E-state index is -2.06. The molecule has 1 atom stereocenters. The van der Waals surface area contributed by atoms with Crippen molar-refractivity contribution < 1.29 is 14.0 Å². The molecule has 0 spiro atoms. The van der Waals surface area contributed by atoms with E-state index >= 15 is 0 Å². The second-order valence-electron chi connectivity index (χ2n) is 1.58. The second-order valence-corrected chi connectivity index (χ2v) is 2.28. The highest BCUT2D eigenvalue weighted by Crippen LogP contribution is 1.97. The van der Waals surface area contributed by atoms with E-state index in [0.29, 0.717) is 0 Å². The molecule has 54 valence electrons. The van der Waals surface area contributed by atoms with Crippen molar-refractivity contribution in [3.63, 3.8) is 0 Å². The number of hydrogen-bond acceptors (Lipinski definition) is 3. The molecule has 0 fully saturated rings. The molecule has 0 aromatic carbocycles. The van der Waals surface area contributed by atoms with Gasteiger partial charge < -0.3 is 10.8 Å². The molecule has 0 saturated carbocycles. The van der Waals surface area contributed by atoms with Gasteiger partial charge in [0.1, 0.15) is 6.04 Å². The molecule has 0 aliphatic rings. The predicted octanol–water partition coefficient (Wildman–Crippen LogP) is 0.151. The molecule has 0 bridgehead atoms. The first-order valence-corrected chi connectivity index (χ1v) is 3.44. The Hall–Kier alpha value is -0.220. The van der Waals surface area contributed by atoms with Crippen LogP contribution in [0.2, 0.25) is 0 Å². The van der Waals surface area contributed by atoms with Gasteiger partial charge in [0, 0.05) is 4.11 Å². The van der Waals surface area contributed by atoms with Gasteiger partial charge in [-0.05, 0) is 18.4 Å². The molecule has 0 aromatic heterocycles. The standard InChI is InChI=1S/C5H11NO2S/c1-9-3-2-4(6)5(7)8/h4H,2-3,6H2,1H3,(H,7,8)/t4-/m0/s1/i1D3. The largest absolute Gasteiger partial charge is 0.480 e. The molecule has 0 rings (SSSR count). The summed E-state index contributed by atoms with van der Waals surface area (Å²) in [6, 6.07) is -0.958. The topological polar surface area (TPSA) is 63.3 Å². The fraction of sp³-hybridized carbons (Fsp3) is 0.800. The zero-order valence-electron chi connectivity index (χ0n) is 7.83. The average molecular weight is 152 g/mol. The fourth-order valence-corrected chi connectivity index (χ4v) is 0.681. The minimum Gasteiger partial charge on any atom is -0.480 e. The predicted molar refractivity (Wildman–Crippen MR) is 38.6 cm³/mol. The van der Waals surface area contributed by atoms with E-state index in [0.717, 1.165) is 11.8 Å². The van der Waals surface area contributed by atoms with E-state index in [1.165, 1.54) is 0 Å². The number of carboxylic acids is 1. The quantitative estimate of drug-likeness (QED) is 0.602. The Kier molecular flexibility index (Phi) is 2.36. The number of carboxylic acid groups (broad SMARTS) is 1. The van der Waals surface area contributed by atoms with Gasteiger partial charge in [-0.3, -0.25) is 4.79 Å².